The number of carbonyl (C=O) groups excluding carboxylic acids is 3. The lowest BCUT2D eigenvalue weighted by molar-refractivity contribution is -0.126. The molecule has 3 rings (SSSR count). The Balaban J connectivity index is 1.52. The molecule has 1 fully saturated rings. The summed E-state index contributed by atoms with van der Waals surface area (Å²) < 4.78 is 13.0. The number of amides is 3. The van der Waals surface area contributed by atoms with E-state index in [1.165, 1.54) is 29.2 Å². The fraction of sp³-hybridized carbons (Fsp3) is 0.190. The zero-order valence-corrected chi connectivity index (χ0v) is 14.9. The Kier molecular flexibility index (Phi) is 5.70. The predicted molar refractivity (Wildman–Crippen MR) is 102 cm³/mol. The summed E-state index contributed by atoms with van der Waals surface area (Å²) in [6.07, 6.45) is 0.102. The van der Waals surface area contributed by atoms with Gasteiger partial charge in [0.1, 0.15) is 5.82 Å². The number of carbonyl (C=O) groups is 3. The first-order chi connectivity index (χ1) is 13.4. The van der Waals surface area contributed by atoms with Crippen LogP contribution in [0.3, 0.4) is 0 Å². The molecule has 0 saturated carbocycles. The van der Waals surface area contributed by atoms with Gasteiger partial charge in [-0.2, -0.15) is 0 Å². The number of anilines is 1. The summed E-state index contributed by atoms with van der Waals surface area (Å²) in [5.41, 5.74) is 6.84. The van der Waals surface area contributed by atoms with E-state index >= 15 is 0 Å². The number of benzene rings is 2. The predicted octanol–water partition coefficient (Wildman–Crippen LogP) is 1.45. The molecular formula is C21H18FN3O3. The molecule has 6 nitrogen and oxygen atoms in total. The van der Waals surface area contributed by atoms with Crippen LogP contribution in [0.4, 0.5) is 10.1 Å². The molecule has 2 aromatic rings. The van der Waals surface area contributed by atoms with E-state index in [-0.39, 0.29) is 37.1 Å². The number of nitrogens with two attached hydrogens (primary N) is 1. The number of nitrogens with one attached hydrogen (secondary N) is 1. The minimum Gasteiger partial charge on any atom is -0.366 e. The quantitative estimate of drug-likeness (QED) is 0.788. The first kappa shape index (κ1) is 19.1. The number of hydrogen-bond acceptors (Lipinski definition) is 3. The number of rotatable bonds is 4. The van der Waals surface area contributed by atoms with Gasteiger partial charge < -0.3 is 16.0 Å². The summed E-state index contributed by atoms with van der Waals surface area (Å²) in [6, 6.07) is 12.1. The third-order valence-corrected chi connectivity index (χ3v) is 4.39. The Morgan fingerprint density at radius 1 is 1.14 bits per heavy atom. The van der Waals surface area contributed by atoms with E-state index in [0.29, 0.717) is 16.8 Å². The topological polar surface area (TPSA) is 92.5 Å². The van der Waals surface area contributed by atoms with E-state index in [0.717, 1.165) is 0 Å². The van der Waals surface area contributed by atoms with E-state index in [4.69, 9.17) is 5.73 Å². The molecule has 1 aliphatic rings. The number of hydrogen-bond donors (Lipinski definition) is 2. The molecule has 0 radical (unpaired) electrons. The van der Waals surface area contributed by atoms with Crippen LogP contribution in [0.15, 0.2) is 48.5 Å². The lowest BCUT2D eigenvalue weighted by Gasteiger charge is -2.16. The van der Waals surface area contributed by atoms with Crippen molar-refractivity contribution in [2.45, 2.75) is 6.42 Å². The van der Waals surface area contributed by atoms with Gasteiger partial charge in [-0.1, -0.05) is 11.8 Å². The molecule has 7 heteroatoms. The van der Waals surface area contributed by atoms with Gasteiger partial charge in [0, 0.05) is 29.8 Å². The monoisotopic (exact) mass is 379 g/mol. The van der Waals surface area contributed by atoms with Crippen LogP contribution in [0.25, 0.3) is 0 Å². The molecule has 2 aromatic carbocycles. The molecule has 1 saturated heterocycles. The normalized spacial score (nSPS) is 15.7. The Hall–Kier alpha value is -3.66. The van der Waals surface area contributed by atoms with Gasteiger partial charge in [-0.3, -0.25) is 14.4 Å². The minimum atomic E-state index is -0.507. The molecule has 0 spiro atoms. The van der Waals surface area contributed by atoms with Gasteiger partial charge in [0.2, 0.25) is 17.7 Å². The van der Waals surface area contributed by atoms with Crippen molar-refractivity contribution in [2.75, 3.05) is 18.0 Å². The molecule has 0 aromatic heterocycles. The molecule has 0 aliphatic carbocycles. The smallest absolute Gasteiger partial charge is 0.248 e. The standard InChI is InChI=1S/C21H18FN3O3/c22-17-7-9-18(10-8-17)25-13-16(12-19(25)26)21(28)24-11-1-2-14-3-5-15(6-4-14)20(23)27/h3-10,16H,11-13H2,(H2,23,27)(H,24,28). The van der Waals surface area contributed by atoms with Crippen molar-refractivity contribution >= 4 is 23.4 Å². The highest BCUT2D eigenvalue weighted by molar-refractivity contribution is 6.00. The maximum atomic E-state index is 13.0. The van der Waals surface area contributed by atoms with Gasteiger partial charge in [-0.25, -0.2) is 4.39 Å². The SMILES string of the molecule is NC(=O)c1ccc(C#CCNC(=O)C2CC(=O)N(c3ccc(F)cc3)C2)cc1. The van der Waals surface area contributed by atoms with Gasteiger partial charge in [0.15, 0.2) is 0 Å². The fourth-order valence-corrected chi connectivity index (χ4v) is 2.89. The third kappa shape index (κ3) is 4.54. The molecule has 0 bridgehead atoms. The Morgan fingerprint density at radius 3 is 2.46 bits per heavy atom. The summed E-state index contributed by atoms with van der Waals surface area (Å²) >= 11 is 0. The molecule has 142 valence electrons. The third-order valence-electron chi connectivity index (χ3n) is 4.39. The van der Waals surface area contributed by atoms with Crippen molar-refractivity contribution in [3.05, 3.63) is 65.5 Å². The first-order valence-electron chi connectivity index (χ1n) is 8.66. The second-order valence-electron chi connectivity index (χ2n) is 6.34. The molecule has 28 heavy (non-hydrogen) atoms. The van der Waals surface area contributed by atoms with E-state index in [1.807, 2.05) is 0 Å². The van der Waals surface area contributed by atoms with Crippen LogP contribution in [-0.4, -0.2) is 30.8 Å². The van der Waals surface area contributed by atoms with Crippen LogP contribution in [0.5, 0.6) is 0 Å². The van der Waals surface area contributed by atoms with Crippen LogP contribution in [0.1, 0.15) is 22.3 Å². The van der Waals surface area contributed by atoms with E-state index < -0.39 is 11.8 Å². The average Bonchev–Trinajstić information content (AvgIpc) is 3.08. The van der Waals surface area contributed by atoms with Crippen molar-refractivity contribution in [3.63, 3.8) is 0 Å². The first-order valence-corrected chi connectivity index (χ1v) is 8.66. The lowest BCUT2D eigenvalue weighted by atomic mass is 10.1. The summed E-state index contributed by atoms with van der Waals surface area (Å²) in [7, 11) is 0. The highest BCUT2D eigenvalue weighted by Crippen LogP contribution is 2.25. The van der Waals surface area contributed by atoms with Crippen molar-refractivity contribution < 1.29 is 18.8 Å². The molecule has 1 heterocycles. The van der Waals surface area contributed by atoms with Gasteiger partial charge in [-0.05, 0) is 48.5 Å². The summed E-state index contributed by atoms with van der Waals surface area (Å²) in [6.45, 7) is 0.385. The van der Waals surface area contributed by atoms with Crippen LogP contribution in [0, 0.1) is 23.6 Å². The molecule has 3 N–H and O–H groups in total. The number of nitrogens with zero attached hydrogens (tertiary/aromatic N) is 1. The van der Waals surface area contributed by atoms with E-state index in [1.54, 1.807) is 24.3 Å². The second kappa shape index (κ2) is 8.35. The van der Waals surface area contributed by atoms with Gasteiger partial charge in [0.05, 0.1) is 12.5 Å². The molecule has 1 atom stereocenters. The lowest BCUT2D eigenvalue weighted by Crippen LogP contribution is -2.33. The Morgan fingerprint density at radius 2 is 1.82 bits per heavy atom. The largest absolute Gasteiger partial charge is 0.366 e. The van der Waals surface area contributed by atoms with E-state index in [9.17, 15) is 18.8 Å². The van der Waals surface area contributed by atoms with Crippen LogP contribution in [-0.2, 0) is 9.59 Å². The van der Waals surface area contributed by atoms with Crippen molar-refractivity contribution in [1.29, 1.82) is 0 Å². The maximum absolute atomic E-state index is 13.0. The maximum Gasteiger partial charge on any atom is 0.248 e. The van der Waals surface area contributed by atoms with Crippen molar-refractivity contribution in [2.24, 2.45) is 11.7 Å². The molecule has 1 unspecified atom stereocenters. The van der Waals surface area contributed by atoms with Gasteiger partial charge in [-0.15, -0.1) is 0 Å². The number of halogens is 1. The zero-order chi connectivity index (χ0) is 20.1. The molecule has 1 aliphatic heterocycles. The Labute approximate surface area is 161 Å². The van der Waals surface area contributed by atoms with E-state index in [2.05, 4.69) is 17.2 Å². The summed E-state index contributed by atoms with van der Waals surface area (Å²) in [5.74, 6) is 3.91. The fourth-order valence-electron chi connectivity index (χ4n) is 2.89. The summed E-state index contributed by atoms with van der Waals surface area (Å²) in [4.78, 5) is 36.9. The minimum absolute atomic E-state index is 0.102. The second-order valence-corrected chi connectivity index (χ2v) is 6.34. The molecule has 3 amide bonds. The van der Waals surface area contributed by atoms with Crippen LogP contribution in [0.2, 0.25) is 0 Å². The Bertz CT molecular complexity index is 959. The number of primary amides is 1. The zero-order valence-electron chi connectivity index (χ0n) is 14.9. The summed E-state index contributed by atoms with van der Waals surface area (Å²) in [5, 5.41) is 2.70. The molecular weight excluding hydrogens is 361 g/mol. The van der Waals surface area contributed by atoms with Gasteiger partial charge in [0.25, 0.3) is 0 Å². The van der Waals surface area contributed by atoms with Crippen LogP contribution < -0.4 is 16.0 Å². The average molecular weight is 379 g/mol. The highest BCUT2D eigenvalue weighted by Gasteiger charge is 2.34. The highest BCUT2D eigenvalue weighted by atomic mass is 19.1. The van der Waals surface area contributed by atoms with Crippen molar-refractivity contribution in [3.8, 4) is 11.8 Å². The van der Waals surface area contributed by atoms with Crippen molar-refractivity contribution in [1.82, 2.24) is 5.32 Å². The van der Waals surface area contributed by atoms with Crippen LogP contribution >= 0.6 is 0 Å². The van der Waals surface area contributed by atoms with Gasteiger partial charge >= 0.3 is 0 Å².